The highest BCUT2D eigenvalue weighted by molar-refractivity contribution is 5.19. The Bertz CT molecular complexity index is 1010. The molecule has 2 aliphatic rings. The Morgan fingerprint density at radius 2 is 2.04 bits per heavy atom. The first-order chi connectivity index (χ1) is 13.8. The zero-order chi connectivity index (χ0) is 18.9. The second-order valence-electron chi connectivity index (χ2n) is 7.63. The van der Waals surface area contributed by atoms with Gasteiger partial charge in [-0.3, -0.25) is 14.3 Å². The number of hydrogen-bond donors (Lipinski definition) is 0. The van der Waals surface area contributed by atoms with E-state index in [1.165, 1.54) is 12.8 Å². The van der Waals surface area contributed by atoms with E-state index in [4.69, 9.17) is 4.98 Å². The van der Waals surface area contributed by atoms with Crippen molar-refractivity contribution in [3.8, 4) is 5.82 Å². The first-order valence-electron chi connectivity index (χ1n) is 9.88. The third-order valence-electron chi connectivity index (χ3n) is 5.54. The zero-order valence-electron chi connectivity index (χ0n) is 15.7. The largest absolute Gasteiger partial charge is 0.293 e. The lowest BCUT2D eigenvalue weighted by Gasteiger charge is -2.24. The second kappa shape index (κ2) is 7.27. The van der Waals surface area contributed by atoms with Gasteiger partial charge in [0.05, 0.1) is 12.2 Å². The molecular formula is C20H23N7O. The van der Waals surface area contributed by atoms with Gasteiger partial charge in [-0.25, -0.2) is 19.6 Å². The molecule has 28 heavy (non-hydrogen) atoms. The summed E-state index contributed by atoms with van der Waals surface area (Å²) in [5, 5.41) is 4.54. The molecule has 1 saturated heterocycles. The highest BCUT2D eigenvalue weighted by atomic mass is 16.1. The Morgan fingerprint density at radius 1 is 1.11 bits per heavy atom. The van der Waals surface area contributed by atoms with Crippen molar-refractivity contribution in [2.45, 2.75) is 50.7 Å². The smallest absolute Gasteiger partial charge is 0.266 e. The van der Waals surface area contributed by atoms with E-state index in [9.17, 15) is 4.79 Å². The molecule has 2 fully saturated rings. The first-order valence-corrected chi connectivity index (χ1v) is 9.88. The van der Waals surface area contributed by atoms with Gasteiger partial charge in [0.2, 0.25) is 0 Å². The maximum Gasteiger partial charge on any atom is 0.266 e. The van der Waals surface area contributed by atoms with Crippen molar-refractivity contribution < 1.29 is 0 Å². The number of hydrogen-bond acceptors (Lipinski definition) is 6. The molecule has 1 aliphatic heterocycles. The quantitative estimate of drug-likeness (QED) is 0.651. The number of rotatable bonds is 6. The molecule has 3 aromatic rings. The van der Waals surface area contributed by atoms with Crippen LogP contribution in [0.1, 0.15) is 43.1 Å². The predicted molar refractivity (Wildman–Crippen MR) is 103 cm³/mol. The Hall–Kier alpha value is -2.87. The van der Waals surface area contributed by atoms with E-state index in [0.717, 1.165) is 37.4 Å². The van der Waals surface area contributed by atoms with Crippen molar-refractivity contribution in [2.75, 3.05) is 6.54 Å². The summed E-state index contributed by atoms with van der Waals surface area (Å²) in [5.41, 5.74) is 0.991. The maximum atomic E-state index is 12.4. The van der Waals surface area contributed by atoms with Crippen molar-refractivity contribution in [3.05, 3.63) is 65.0 Å². The molecule has 144 valence electrons. The first kappa shape index (κ1) is 17.2. The normalized spacial score (nSPS) is 19.9. The van der Waals surface area contributed by atoms with E-state index >= 15 is 0 Å². The van der Waals surface area contributed by atoms with Crippen LogP contribution in [0.4, 0.5) is 0 Å². The maximum absolute atomic E-state index is 12.4. The van der Waals surface area contributed by atoms with Gasteiger partial charge in [-0.05, 0) is 44.4 Å². The minimum Gasteiger partial charge on any atom is -0.293 e. The van der Waals surface area contributed by atoms with E-state index in [1.54, 1.807) is 29.3 Å². The van der Waals surface area contributed by atoms with E-state index in [2.05, 4.69) is 20.0 Å². The number of nitrogens with zero attached hydrogens (tertiary/aromatic N) is 7. The average Bonchev–Trinajstić information content (AvgIpc) is 3.24. The standard InChI is InChI=1S/C20H23N7O/c28-19-6-5-18(26-11-9-21-14-26)24-27(19)13-17-2-1-10-25(17)12-16-7-8-22-20(23-16)15-3-4-15/h5-9,11,14-15,17H,1-4,10,12-13H2. The lowest BCUT2D eigenvalue weighted by molar-refractivity contribution is 0.214. The molecular weight excluding hydrogens is 354 g/mol. The lowest BCUT2D eigenvalue weighted by atomic mass is 10.2. The van der Waals surface area contributed by atoms with Gasteiger partial charge in [0.1, 0.15) is 12.2 Å². The molecule has 0 amide bonds. The van der Waals surface area contributed by atoms with E-state index in [1.807, 2.05) is 23.0 Å². The summed E-state index contributed by atoms with van der Waals surface area (Å²) in [4.78, 5) is 28.0. The SMILES string of the molecule is O=c1ccc(-n2ccnc2)nn1CC1CCCN1Cc1ccnc(C2CC2)n1. The van der Waals surface area contributed by atoms with Gasteiger partial charge in [-0.15, -0.1) is 0 Å². The van der Waals surface area contributed by atoms with Crippen LogP contribution in [0.15, 0.2) is 47.9 Å². The molecule has 8 nitrogen and oxygen atoms in total. The lowest BCUT2D eigenvalue weighted by Crippen LogP contribution is -2.37. The summed E-state index contributed by atoms with van der Waals surface area (Å²) in [6.07, 6.45) is 11.7. The molecule has 3 aromatic heterocycles. The van der Waals surface area contributed by atoms with Gasteiger partial charge in [-0.1, -0.05) is 0 Å². The van der Waals surface area contributed by atoms with Gasteiger partial charge in [0, 0.05) is 43.2 Å². The molecule has 8 heteroatoms. The summed E-state index contributed by atoms with van der Waals surface area (Å²) < 4.78 is 3.39. The van der Waals surface area contributed by atoms with Crippen LogP contribution in [0.3, 0.4) is 0 Å². The highest BCUT2D eigenvalue weighted by Crippen LogP contribution is 2.37. The third-order valence-corrected chi connectivity index (χ3v) is 5.54. The fourth-order valence-electron chi connectivity index (χ4n) is 3.86. The molecule has 0 bridgehead atoms. The summed E-state index contributed by atoms with van der Waals surface area (Å²) >= 11 is 0. The van der Waals surface area contributed by atoms with Gasteiger partial charge in [0.25, 0.3) is 5.56 Å². The summed E-state index contributed by atoms with van der Waals surface area (Å²) in [7, 11) is 0. The van der Waals surface area contributed by atoms with E-state index in [0.29, 0.717) is 18.3 Å². The average molecular weight is 377 g/mol. The summed E-state index contributed by atoms with van der Waals surface area (Å²) in [5.74, 6) is 2.24. The van der Waals surface area contributed by atoms with Gasteiger partial charge in [0.15, 0.2) is 5.82 Å². The molecule has 4 heterocycles. The van der Waals surface area contributed by atoms with E-state index in [-0.39, 0.29) is 11.6 Å². The molecule has 0 radical (unpaired) electrons. The van der Waals surface area contributed by atoms with E-state index < -0.39 is 0 Å². The minimum absolute atomic E-state index is 0.0752. The number of imidazole rings is 1. The van der Waals surface area contributed by atoms with Crippen molar-refractivity contribution in [1.29, 1.82) is 0 Å². The van der Waals surface area contributed by atoms with Crippen LogP contribution in [0.25, 0.3) is 5.82 Å². The van der Waals surface area contributed by atoms with Gasteiger partial charge >= 0.3 is 0 Å². The molecule has 1 unspecified atom stereocenters. The molecule has 1 saturated carbocycles. The Kier molecular flexibility index (Phi) is 4.48. The van der Waals surface area contributed by atoms with Crippen molar-refractivity contribution in [3.63, 3.8) is 0 Å². The molecule has 5 rings (SSSR count). The van der Waals surface area contributed by atoms with Crippen molar-refractivity contribution >= 4 is 0 Å². The molecule has 0 N–H and O–H groups in total. The zero-order valence-corrected chi connectivity index (χ0v) is 15.7. The Labute approximate surface area is 162 Å². The molecule has 1 aliphatic carbocycles. The molecule has 0 aromatic carbocycles. The van der Waals surface area contributed by atoms with Gasteiger partial charge in [-0.2, -0.15) is 5.10 Å². The van der Waals surface area contributed by atoms with Gasteiger partial charge < -0.3 is 0 Å². The number of aromatic nitrogens is 6. The van der Waals surface area contributed by atoms with Crippen LogP contribution >= 0.6 is 0 Å². The topological polar surface area (TPSA) is 81.7 Å². The Morgan fingerprint density at radius 3 is 2.86 bits per heavy atom. The minimum atomic E-state index is -0.0752. The fourth-order valence-corrected chi connectivity index (χ4v) is 3.86. The second-order valence-corrected chi connectivity index (χ2v) is 7.63. The van der Waals surface area contributed by atoms with Crippen LogP contribution in [0.5, 0.6) is 0 Å². The predicted octanol–water partition coefficient (Wildman–Crippen LogP) is 1.76. The summed E-state index contributed by atoms with van der Waals surface area (Å²) in [6.45, 7) is 2.40. The van der Waals surface area contributed by atoms with Crippen LogP contribution in [-0.4, -0.2) is 46.8 Å². The van der Waals surface area contributed by atoms with Crippen LogP contribution in [0.2, 0.25) is 0 Å². The highest BCUT2D eigenvalue weighted by Gasteiger charge is 2.28. The Balaban J connectivity index is 1.33. The van der Waals surface area contributed by atoms with Crippen molar-refractivity contribution in [2.24, 2.45) is 0 Å². The van der Waals surface area contributed by atoms with Crippen LogP contribution < -0.4 is 5.56 Å². The van der Waals surface area contributed by atoms with Crippen LogP contribution in [0, 0.1) is 0 Å². The summed E-state index contributed by atoms with van der Waals surface area (Å²) in [6, 6.07) is 5.59. The van der Waals surface area contributed by atoms with Crippen LogP contribution in [-0.2, 0) is 13.1 Å². The molecule has 0 spiro atoms. The number of likely N-dealkylation sites (tertiary alicyclic amines) is 1. The third kappa shape index (κ3) is 3.60. The van der Waals surface area contributed by atoms with Crippen molar-refractivity contribution in [1.82, 2.24) is 34.2 Å². The monoisotopic (exact) mass is 377 g/mol. The fraction of sp³-hybridized carbons (Fsp3) is 0.450. The molecule has 1 atom stereocenters.